The maximum atomic E-state index is 12.9. The van der Waals surface area contributed by atoms with E-state index in [1.807, 2.05) is 6.07 Å². The van der Waals surface area contributed by atoms with Crippen LogP contribution in [0.1, 0.15) is 11.1 Å². The molecule has 0 aromatic heterocycles. The third-order valence-corrected chi connectivity index (χ3v) is 6.24. The van der Waals surface area contributed by atoms with Crippen LogP contribution < -0.4 is 14.2 Å². The molecule has 2 aromatic rings. The Morgan fingerprint density at radius 2 is 1.54 bits per heavy atom. The van der Waals surface area contributed by atoms with Crippen LogP contribution in [-0.4, -0.2) is 39.8 Å². The van der Waals surface area contributed by atoms with E-state index in [2.05, 4.69) is 4.74 Å². The van der Waals surface area contributed by atoms with Gasteiger partial charge >= 0.3 is 6.36 Å². The predicted octanol–water partition coefficient (Wildman–Crippen LogP) is 3.35. The van der Waals surface area contributed by atoms with E-state index in [0.717, 1.165) is 35.4 Å². The van der Waals surface area contributed by atoms with Gasteiger partial charge in [-0.2, -0.15) is 4.31 Å². The number of fused-ring (bicyclic) bond motifs is 1. The lowest BCUT2D eigenvalue weighted by Crippen LogP contribution is -2.36. The molecule has 1 aliphatic heterocycles. The summed E-state index contributed by atoms with van der Waals surface area (Å²) in [6.45, 7) is 0.366. The van der Waals surface area contributed by atoms with Crippen LogP contribution in [0.25, 0.3) is 0 Å². The van der Waals surface area contributed by atoms with E-state index in [1.54, 1.807) is 6.07 Å². The van der Waals surface area contributed by atoms with Crippen molar-refractivity contribution >= 4 is 10.0 Å². The standard InChI is InChI=1S/C18H18F3NO5S/c1-25-16-9-12-7-8-22(11-13(12)10-17(16)26-2)28(23,24)15-5-3-14(4-6-15)27-18(19,20)21/h3-6,9-10H,7-8,11H2,1-2H3. The molecule has 6 nitrogen and oxygen atoms in total. The molecular weight excluding hydrogens is 399 g/mol. The Balaban J connectivity index is 1.84. The van der Waals surface area contributed by atoms with Crippen LogP contribution in [0.3, 0.4) is 0 Å². The number of methoxy groups -OCH3 is 2. The van der Waals surface area contributed by atoms with E-state index >= 15 is 0 Å². The van der Waals surface area contributed by atoms with Crippen molar-refractivity contribution in [3.63, 3.8) is 0 Å². The Labute approximate surface area is 160 Å². The zero-order chi connectivity index (χ0) is 20.5. The van der Waals surface area contributed by atoms with Gasteiger partial charge < -0.3 is 14.2 Å². The largest absolute Gasteiger partial charge is 0.573 e. The van der Waals surface area contributed by atoms with Gasteiger partial charge in [0.1, 0.15) is 5.75 Å². The molecule has 0 radical (unpaired) electrons. The van der Waals surface area contributed by atoms with Crippen LogP contribution in [0, 0.1) is 0 Å². The lowest BCUT2D eigenvalue weighted by Gasteiger charge is -2.29. The van der Waals surface area contributed by atoms with Crippen molar-refractivity contribution in [2.75, 3.05) is 20.8 Å². The van der Waals surface area contributed by atoms with Crippen LogP contribution >= 0.6 is 0 Å². The normalized spacial score (nSPS) is 15.0. The Morgan fingerprint density at radius 1 is 0.964 bits per heavy atom. The van der Waals surface area contributed by atoms with Gasteiger partial charge in [-0.05, 0) is 53.9 Å². The van der Waals surface area contributed by atoms with Crippen molar-refractivity contribution in [3.05, 3.63) is 47.5 Å². The predicted molar refractivity (Wildman–Crippen MR) is 94.0 cm³/mol. The smallest absolute Gasteiger partial charge is 0.493 e. The highest BCUT2D eigenvalue weighted by molar-refractivity contribution is 7.89. The number of hydrogen-bond donors (Lipinski definition) is 0. The average molecular weight is 417 g/mol. The molecule has 10 heteroatoms. The van der Waals surface area contributed by atoms with Crippen molar-refractivity contribution in [1.82, 2.24) is 4.31 Å². The lowest BCUT2D eigenvalue weighted by atomic mass is 10.0. The Morgan fingerprint density at radius 3 is 2.07 bits per heavy atom. The zero-order valence-corrected chi connectivity index (χ0v) is 15.9. The highest BCUT2D eigenvalue weighted by atomic mass is 32.2. The van der Waals surface area contributed by atoms with Gasteiger partial charge in [-0.3, -0.25) is 0 Å². The molecule has 0 aliphatic carbocycles. The van der Waals surface area contributed by atoms with E-state index in [1.165, 1.54) is 18.5 Å². The molecule has 0 amide bonds. The van der Waals surface area contributed by atoms with Crippen molar-refractivity contribution in [3.8, 4) is 17.2 Å². The molecule has 0 saturated heterocycles. The minimum atomic E-state index is -4.84. The summed E-state index contributed by atoms with van der Waals surface area (Å²) in [5, 5.41) is 0. The fraction of sp³-hybridized carbons (Fsp3) is 0.333. The molecule has 1 heterocycles. The molecule has 0 atom stereocenters. The van der Waals surface area contributed by atoms with Gasteiger partial charge in [0, 0.05) is 13.1 Å². The van der Waals surface area contributed by atoms with Gasteiger partial charge in [0.25, 0.3) is 0 Å². The first-order chi connectivity index (χ1) is 13.1. The molecule has 152 valence electrons. The van der Waals surface area contributed by atoms with Crippen LogP contribution in [-0.2, 0) is 23.0 Å². The molecule has 1 aliphatic rings. The van der Waals surface area contributed by atoms with Gasteiger partial charge in [0.05, 0.1) is 19.1 Å². The first-order valence-corrected chi connectivity index (χ1v) is 9.68. The fourth-order valence-corrected chi connectivity index (χ4v) is 4.44. The van der Waals surface area contributed by atoms with Crippen LogP contribution in [0.2, 0.25) is 0 Å². The minimum Gasteiger partial charge on any atom is -0.493 e. The van der Waals surface area contributed by atoms with Crippen molar-refractivity contribution in [2.45, 2.75) is 24.2 Å². The summed E-state index contributed by atoms with van der Waals surface area (Å²) < 4.78 is 78.1. The first-order valence-electron chi connectivity index (χ1n) is 8.24. The SMILES string of the molecule is COc1cc2c(cc1OC)CN(S(=O)(=O)c1ccc(OC(F)(F)F)cc1)CC2. The second kappa shape index (κ2) is 7.51. The number of hydrogen-bond acceptors (Lipinski definition) is 5. The molecular formula is C18H18F3NO5S. The lowest BCUT2D eigenvalue weighted by molar-refractivity contribution is -0.274. The highest BCUT2D eigenvalue weighted by Crippen LogP contribution is 2.35. The molecule has 0 unspecified atom stereocenters. The van der Waals surface area contributed by atoms with E-state index < -0.39 is 22.1 Å². The quantitative estimate of drug-likeness (QED) is 0.747. The number of nitrogens with zero attached hydrogens (tertiary/aromatic N) is 1. The topological polar surface area (TPSA) is 65.1 Å². The molecule has 0 bridgehead atoms. The molecule has 0 N–H and O–H groups in total. The van der Waals surface area contributed by atoms with Crippen LogP contribution in [0.5, 0.6) is 17.2 Å². The molecule has 0 spiro atoms. The minimum absolute atomic E-state index is 0.106. The first kappa shape index (κ1) is 20.3. The van der Waals surface area contributed by atoms with E-state index in [4.69, 9.17) is 9.47 Å². The number of halogens is 3. The average Bonchev–Trinajstić information content (AvgIpc) is 2.65. The second-order valence-electron chi connectivity index (χ2n) is 6.08. The van der Waals surface area contributed by atoms with E-state index in [0.29, 0.717) is 17.9 Å². The van der Waals surface area contributed by atoms with E-state index in [9.17, 15) is 21.6 Å². The summed E-state index contributed by atoms with van der Waals surface area (Å²) in [6.07, 6.45) is -4.36. The maximum absolute atomic E-state index is 12.9. The Kier molecular flexibility index (Phi) is 5.44. The summed E-state index contributed by atoms with van der Waals surface area (Å²) in [5.74, 6) is 0.583. The molecule has 2 aromatic carbocycles. The summed E-state index contributed by atoms with van der Waals surface area (Å²) in [5.41, 5.74) is 1.74. The number of alkyl halides is 3. The van der Waals surface area contributed by atoms with Gasteiger partial charge in [-0.25, -0.2) is 8.42 Å². The monoisotopic (exact) mass is 417 g/mol. The van der Waals surface area contributed by atoms with Crippen LogP contribution in [0.15, 0.2) is 41.3 Å². The van der Waals surface area contributed by atoms with Gasteiger partial charge in [0.2, 0.25) is 10.0 Å². The van der Waals surface area contributed by atoms with Crippen molar-refractivity contribution < 1.29 is 35.8 Å². The van der Waals surface area contributed by atoms with E-state index in [-0.39, 0.29) is 18.0 Å². The van der Waals surface area contributed by atoms with Gasteiger partial charge in [-0.1, -0.05) is 0 Å². The van der Waals surface area contributed by atoms with Gasteiger partial charge in [0.15, 0.2) is 11.5 Å². The molecule has 0 saturated carbocycles. The third-order valence-electron chi connectivity index (χ3n) is 4.38. The summed E-state index contributed by atoms with van der Waals surface area (Å²) in [4.78, 5) is -0.106. The van der Waals surface area contributed by atoms with Crippen molar-refractivity contribution in [2.24, 2.45) is 0 Å². The zero-order valence-electron chi connectivity index (χ0n) is 15.1. The third kappa shape index (κ3) is 4.17. The molecule has 0 fully saturated rings. The fourth-order valence-electron chi connectivity index (χ4n) is 3.02. The highest BCUT2D eigenvalue weighted by Gasteiger charge is 2.32. The number of benzene rings is 2. The van der Waals surface area contributed by atoms with Crippen molar-refractivity contribution in [1.29, 1.82) is 0 Å². The number of sulfonamides is 1. The Hall–Kier alpha value is -2.46. The Bertz CT molecular complexity index is 958. The maximum Gasteiger partial charge on any atom is 0.573 e. The second-order valence-corrected chi connectivity index (χ2v) is 8.02. The van der Waals surface area contributed by atoms with Gasteiger partial charge in [-0.15, -0.1) is 13.2 Å². The summed E-state index contributed by atoms with van der Waals surface area (Å²) >= 11 is 0. The molecule has 28 heavy (non-hydrogen) atoms. The summed E-state index contributed by atoms with van der Waals surface area (Å²) in [7, 11) is -0.860. The summed E-state index contributed by atoms with van der Waals surface area (Å²) in [6, 6.07) is 7.71. The number of ether oxygens (including phenoxy) is 3. The number of rotatable bonds is 5. The van der Waals surface area contributed by atoms with Crippen LogP contribution in [0.4, 0.5) is 13.2 Å². The molecule has 3 rings (SSSR count).